The zero-order valence-corrected chi connectivity index (χ0v) is 35.4. The van der Waals surface area contributed by atoms with Gasteiger partial charge in [-0.05, 0) is 100 Å². The normalized spacial score (nSPS) is 16.4. The van der Waals surface area contributed by atoms with Crippen molar-refractivity contribution in [3.05, 3.63) is 120 Å². The third kappa shape index (κ3) is 11.8. The molecule has 15 heteroatoms. The molecule has 1 fully saturated rings. The lowest BCUT2D eigenvalue weighted by molar-refractivity contribution is -0.141. The van der Waals surface area contributed by atoms with Crippen molar-refractivity contribution in [3.8, 4) is 5.69 Å². The number of imidazole rings is 1. The average Bonchev–Trinajstić information content (AvgIpc) is 3.85. The Morgan fingerprint density at radius 1 is 0.900 bits per heavy atom. The van der Waals surface area contributed by atoms with Gasteiger partial charge in [-0.2, -0.15) is 0 Å². The van der Waals surface area contributed by atoms with E-state index in [4.69, 9.17) is 4.74 Å². The van der Waals surface area contributed by atoms with Crippen molar-refractivity contribution in [1.82, 2.24) is 34.9 Å². The number of benzene rings is 3. The number of rotatable bonds is 13. The van der Waals surface area contributed by atoms with Gasteiger partial charge < -0.3 is 29.7 Å². The van der Waals surface area contributed by atoms with Crippen LogP contribution in [0.4, 0.5) is 13.6 Å². The number of carbonyl (C=O) groups excluding carboxylic acids is 5. The third-order valence-electron chi connectivity index (χ3n) is 10.3. The molecule has 0 bridgehead atoms. The quantitative estimate of drug-likeness (QED) is 0.168. The zero-order chi connectivity index (χ0) is 43.9. The Morgan fingerprint density at radius 3 is 2.12 bits per heavy atom. The maximum atomic E-state index is 14.9. The van der Waals surface area contributed by atoms with E-state index in [0.717, 1.165) is 5.56 Å². The predicted molar refractivity (Wildman–Crippen MR) is 222 cm³/mol. The molecule has 2 heterocycles. The van der Waals surface area contributed by atoms with Crippen LogP contribution in [0.5, 0.6) is 0 Å². The topological polar surface area (TPSA) is 146 Å². The molecule has 0 spiro atoms. The fourth-order valence-electron chi connectivity index (χ4n) is 6.86. The summed E-state index contributed by atoms with van der Waals surface area (Å²) in [6.45, 7) is 12.4. The Kier molecular flexibility index (Phi) is 14.1. The summed E-state index contributed by atoms with van der Waals surface area (Å²) >= 11 is 0. The van der Waals surface area contributed by atoms with Gasteiger partial charge in [-0.3, -0.25) is 24.1 Å². The number of aromatic nitrogens is 2. The summed E-state index contributed by atoms with van der Waals surface area (Å²) in [6, 6.07) is 17.1. The number of nitrogens with one attached hydrogen (secondary N) is 2. The maximum absolute atomic E-state index is 14.9. The molecular weight excluding hydrogens is 773 g/mol. The second-order valence-corrected chi connectivity index (χ2v) is 17.3. The van der Waals surface area contributed by atoms with Crippen LogP contribution in [-0.4, -0.2) is 110 Å². The number of likely N-dealkylation sites (N-methyl/N-ethyl adjacent to an activating group) is 1. The second kappa shape index (κ2) is 18.9. The van der Waals surface area contributed by atoms with Gasteiger partial charge in [0, 0.05) is 50.2 Å². The number of ether oxygens (including phenoxy) is 1. The number of hydrogen-bond acceptors (Lipinski definition) is 7. The summed E-state index contributed by atoms with van der Waals surface area (Å²) < 4.78 is 34.6. The van der Waals surface area contributed by atoms with E-state index in [1.165, 1.54) is 42.5 Å². The molecule has 0 saturated carbocycles. The molecule has 5 rings (SSSR count). The Hall–Kier alpha value is -6.12. The highest BCUT2D eigenvalue weighted by Crippen LogP contribution is 2.28. The van der Waals surface area contributed by atoms with Crippen molar-refractivity contribution >= 4 is 29.7 Å². The second-order valence-electron chi connectivity index (χ2n) is 17.3. The van der Waals surface area contributed by atoms with Gasteiger partial charge in [-0.1, -0.05) is 51.1 Å². The van der Waals surface area contributed by atoms with Crippen molar-refractivity contribution in [2.75, 3.05) is 26.7 Å². The standard InChI is InChI=1S/C45H55F2N7O6/c1-29(51(8)43(59)60-45(5,6)7)39(55)50-38(44(2,3)4)42(58)54-25-34(49-40(56)31-12-10-9-11-13-31)24-36(54)26-52(23-22-30-14-16-32(46)17-15-30)41(57)37-27-53(28-48-37)35-20-18-33(47)19-21-35/h9-21,27-29,34,36,38H,22-26H2,1-8H3,(H,49,56)(H,50,55)/t29-,34-,36-,38+/m0/s1. The minimum Gasteiger partial charge on any atom is -0.444 e. The molecule has 0 aliphatic carbocycles. The van der Waals surface area contributed by atoms with E-state index in [1.54, 1.807) is 103 Å². The van der Waals surface area contributed by atoms with Crippen molar-refractivity contribution in [2.45, 2.75) is 91.1 Å². The predicted octanol–water partition coefficient (Wildman–Crippen LogP) is 6.02. The maximum Gasteiger partial charge on any atom is 0.410 e. The summed E-state index contributed by atoms with van der Waals surface area (Å²) in [5, 5.41) is 5.95. The van der Waals surface area contributed by atoms with Gasteiger partial charge in [0.1, 0.15) is 41.3 Å². The van der Waals surface area contributed by atoms with Crippen LogP contribution in [0.1, 0.15) is 81.3 Å². The van der Waals surface area contributed by atoms with E-state index in [1.807, 2.05) is 20.8 Å². The van der Waals surface area contributed by atoms with Crippen molar-refractivity contribution in [3.63, 3.8) is 0 Å². The van der Waals surface area contributed by atoms with Crippen LogP contribution in [0.15, 0.2) is 91.4 Å². The van der Waals surface area contributed by atoms with E-state index >= 15 is 0 Å². The van der Waals surface area contributed by atoms with Crippen LogP contribution in [0, 0.1) is 17.0 Å². The molecule has 4 aromatic rings. The molecule has 1 aromatic heterocycles. The zero-order valence-electron chi connectivity index (χ0n) is 35.4. The van der Waals surface area contributed by atoms with E-state index in [-0.39, 0.29) is 37.7 Å². The van der Waals surface area contributed by atoms with Crippen LogP contribution in [0.3, 0.4) is 0 Å². The summed E-state index contributed by atoms with van der Waals surface area (Å²) in [6.07, 6.45) is 2.92. The van der Waals surface area contributed by atoms with E-state index in [9.17, 15) is 32.8 Å². The van der Waals surface area contributed by atoms with Gasteiger partial charge in [0.25, 0.3) is 11.8 Å². The largest absolute Gasteiger partial charge is 0.444 e. The van der Waals surface area contributed by atoms with E-state index in [0.29, 0.717) is 17.7 Å². The van der Waals surface area contributed by atoms with Crippen molar-refractivity contribution < 1.29 is 37.5 Å². The number of carbonyl (C=O) groups is 5. The fourth-order valence-corrected chi connectivity index (χ4v) is 6.86. The average molecular weight is 828 g/mol. The van der Waals surface area contributed by atoms with Gasteiger partial charge in [-0.15, -0.1) is 0 Å². The van der Waals surface area contributed by atoms with Gasteiger partial charge in [0.2, 0.25) is 11.8 Å². The highest BCUT2D eigenvalue weighted by atomic mass is 19.1. The third-order valence-corrected chi connectivity index (χ3v) is 10.3. The first-order valence-electron chi connectivity index (χ1n) is 20.0. The summed E-state index contributed by atoms with van der Waals surface area (Å²) in [5.41, 5.74) is 0.296. The van der Waals surface area contributed by atoms with Crippen LogP contribution in [0.25, 0.3) is 5.69 Å². The van der Waals surface area contributed by atoms with Gasteiger partial charge in [-0.25, -0.2) is 18.6 Å². The Labute approximate surface area is 350 Å². The van der Waals surface area contributed by atoms with Crippen molar-refractivity contribution in [2.24, 2.45) is 5.41 Å². The Morgan fingerprint density at radius 2 is 1.52 bits per heavy atom. The van der Waals surface area contributed by atoms with Gasteiger partial charge in [0.15, 0.2) is 0 Å². The molecule has 1 aliphatic heterocycles. The summed E-state index contributed by atoms with van der Waals surface area (Å²) in [5.74, 6) is -2.59. The molecule has 5 amide bonds. The van der Waals surface area contributed by atoms with E-state index < -0.39 is 70.6 Å². The van der Waals surface area contributed by atoms with E-state index in [2.05, 4.69) is 15.6 Å². The summed E-state index contributed by atoms with van der Waals surface area (Å²) in [7, 11) is 1.45. The lowest BCUT2D eigenvalue weighted by atomic mass is 9.85. The molecule has 0 radical (unpaired) electrons. The molecule has 0 unspecified atom stereocenters. The lowest BCUT2D eigenvalue weighted by Crippen LogP contribution is -2.60. The van der Waals surface area contributed by atoms with Crippen LogP contribution < -0.4 is 10.6 Å². The molecule has 60 heavy (non-hydrogen) atoms. The SMILES string of the molecule is C[C@@H](C(=O)N[C@H](C(=O)N1C[C@@H](NC(=O)c2ccccc2)C[C@H]1CN(CCc1ccc(F)cc1)C(=O)c1cn(-c2ccc(F)cc2)cn1)C(C)(C)C)N(C)C(=O)OC(C)(C)C. The lowest BCUT2D eigenvalue weighted by Gasteiger charge is -2.38. The number of nitrogens with zero attached hydrogens (tertiary/aromatic N) is 5. The molecule has 4 atom stereocenters. The molecule has 1 aliphatic rings. The number of likely N-dealkylation sites (tertiary alicyclic amines) is 1. The number of halogens is 2. The highest BCUT2D eigenvalue weighted by Gasteiger charge is 2.44. The molecule has 1 saturated heterocycles. The van der Waals surface area contributed by atoms with Crippen LogP contribution in [-0.2, 0) is 20.7 Å². The van der Waals surface area contributed by atoms with Gasteiger partial charge in [0.05, 0.1) is 6.04 Å². The fraction of sp³-hybridized carbons (Fsp3) is 0.422. The minimum absolute atomic E-state index is 0.0233. The first kappa shape index (κ1) is 45.0. The first-order valence-corrected chi connectivity index (χ1v) is 20.0. The molecule has 320 valence electrons. The molecule has 3 aromatic carbocycles. The van der Waals surface area contributed by atoms with Crippen LogP contribution >= 0.6 is 0 Å². The first-order chi connectivity index (χ1) is 28.2. The Balaban J connectivity index is 1.45. The smallest absolute Gasteiger partial charge is 0.410 e. The highest BCUT2D eigenvalue weighted by molar-refractivity contribution is 5.95. The molecule has 13 nitrogen and oxygen atoms in total. The monoisotopic (exact) mass is 827 g/mol. The molecule has 2 N–H and O–H groups in total. The van der Waals surface area contributed by atoms with Crippen LogP contribution in [0.2, 0.25) is 0 Å². The Bertz CT molecular complexity index is 2130. The number of amides is 5. The van der Waals surface area contributed by atoms with Crippen molar-refractivity contribution in [1.29, 1.82) is 0 Å². The minimum atomic E-state index is -1.08. The molecular formula is C45H55F2N7O6. The summed E-state index contributed by atoms with van der Waals surface area (Å²) in [4.78, 5) is 78.0. The number of hydrogen-bond donors (Lipinski definition) is 2. The van der Waals surface area contributed by atoms with Gasteiger partial charge >= 0.3 is 6.09 Å².